The summed E-state index contributed by atoms with van der Waals surface area (Å²) < 4.78 is 0. The molecule has 2 heteroatoms. The van der Waals surface area contributed by atoms with E-state index in [2.05, 4.69) is 54.1 Å². The third-order valence-electron chi connectivity index (χ3n) is 4.32. The van der Waals surface area contributed by atoms with E-state index < -0.39 is 0 Å². The minimum absolute atomic E-state index is 0.789. The minimum Gasteiger partial charge on any atom is -0.303 e. The maximum absolute atomic E-state index is 2.61. The molecule has 0 bridgehead atoms. The fourth-order valence-corrected chi connectivity index (χ4v) is 3.03. The predicted molar refractivity (Wildman–Crippen MR) is 82.5 cm³/mol. The van der Waals surface area contributed by atoms with E-state index in [-0.39, 0.29) is 0 Å². The van der Waals surface area contributed by atoms with Gasteiger partial charge in [-0.3, -0.25) is 0 Å². The Morgan fingerprint density at radius 2 is 1.84 bits per heavy atom. The van der Waals surface area contributed by atoms with E-state index in [1.54, 1.807) is 0 Å². The van der Waals surface area contributed by atoms with Gasteiger partial charge in [0.05, 0.1) is 0 Å². The number of nitrogens with zero attached hydrogens (tertiary/aromatic N) is 2. The molecular formula is C17H28N2. The molecule has 0 aromatic heterocycles. The molecule has 1 aliphatic rings. The smallest absolute Gasteiger partial charge is 0.0117 e. The fourth-order valence-electron chi connectivity index (χ4n) is 3.03. The third kappa shape index (κ3) is 4.63. The van der Waals surface area contributed by atoms with Gasteiger partial charge in [-0.25, -0.2) is 0 Å². The number of likely N-dealkylation sites (tertiary alicyclic amines) is 1. The number of hydrogen-bond donors (Lipinski definition) is 0. The van der Waals surface area contributed by atoms with Crippen molar-refractivity contribution in [2.75, 3.05) is 33.2 Å². The van der Waals surface area contributed by atoms with Gasteiger partial charge in [-0.1, -0.05) is 37.3 Å². The second-order valence-electron chi connectivity index (χ2n) is 5.79. The molecule has 1 heterocycles. The van der Waals surface area contributed by atoms with E-state index in [1.807, 2.05) is 0 Å². The Balaban J connectivity index is 1.71. The van der Waals surface area contributed by atoms with E-state index in [9.17, 15) is 0 Å². The minimum atomic E-state index is 0.789. The maximum Gasteiger partial charge on any atom is 0.0117 e. The molecule has 0 N–H and O–H groups in total. The van der Waals surface area contributed by atoms with E-state index in [0.717, 1.165) is 6.04 Å². The first-order chi connectivity index (χ1) is 9.29. The van der Waals surface area contributed by atoms with Crippen molar-refractivity contribution in [3.8, 4) is 0 Å². The molecule has 0 spiro atoms. The lowest BCUT2D eigenvalue weighted by Crippen LogP contribution is -2.44. The summed E-state index contributed by atoms with van der Waals surface area (Å²) in [6.45, 7) is 7.31. The van der Waals surface area contributed by atoms with Crippen LogP contribution in [0.15, 0.2) is 30.3 Å². The Bertz CT molecular complexity index is 342. The summed E-state index contributed by atoms with van der Waals surface area (Å²) >= 11 is 0. The molecule has 0 saturated carbocycles. The van der Waals surface area contributed by atoms with Crippen molar-refractivity contribution >= 4 is 0 Å². The van der Waals surface area contributed by atoms with Gasteiger partial charge >= 0.3 is 0 Å². The predicted octanol–water partition coefficient (Wildman–Crippen LogP) is 3.04. The van der Waals surface area contributed by atoms with Gasteiger partial charge in [-0.15, -0.1) is 0 Å². The average molecular weight is 260 g/mol. The van der Waals surface area contributed by atoms with Gasteiger partial charge in [-0.05, 0) is 57.9 Å². The Kier molecular flexibility index (Phi) is 5.87. The van der Waals surface area contributed by atoms with E-state index in [1.165, 1.54) is 57.4 Å². The first kappa shape index (κ1) is 14.5. The van der Waals surface area contributed by atoms with E-state index in [4.69, 9.17) is 0 Å². The van der Waals surface area contributed by atoms with Crippen LogP contribution in [-0.4, -0.2) is 49.1 Å². The molecule has 1 aliphatic heterocycles. The standard InChI is InChI=1S/C17H28N2/c1-3-12-19-14-10-17(11-15-19)18(2)13-9-16-7-5-4-6-8-16/h4-8,17H,3,9-15H2,1-2H3. The van der Waals surface area contributed by atoms with Crippen molar-refractivity contribution in [1.29, 1.82) is 0 Å². The van der Waals surface area contributed by atoms with Crippen LogP contribution >= 0.6 is 0 Å². The van der Waals surface area contributed by atoms with Gasteiger partial charge in [0, 0.05) is 12.6 Å². The van der Waals surface area contributed by atoms with Gasteiger partial charge in [0.2, 0.25) is 0 Å². The van der Waals surface area contributed by atoms with Crippen molar-refractivity contribution < 1.29 is 0 Å². The van der Waals surface area contributed by atoms with Gasteiger partial charge in [0.1, 0.15) is 0 Å². The van der Waals surface area contributed by atoms with Crippen molar-refractivity contribution in [2.24, 2.45) is 0 Å². The zero-order chi connectivity index (χ0) is 13.5. The topological polar surface area (TPSA) is 6.48 Å². The monoisotopic (exact) mass is 260 g/mol. The van der Waals surface area contributed by atoms with Crippen LogP contribution in [0, 0.1) is 0 Å². The first-order valence-corrected chi connectivity index (χ1v) is 7.76. The Hall–Kier alpha value is -0.860. The van der Waals surface area contributed by atoms with Crippen molar-refractivity contribution in [3.05, 3.63) is 35.9 Å². The molecule has 2 nitrogen and oxygen atoms in total. The van der Waals surface area contributed by atoms with Crippen LogP contribution in [0.4, 0.5) is 0 Å². The molecule has 1 aromatic carbocycles. The molecule has 0 aliphatic carbocycles. The maximum atomic E-state index is 2.61. The largest absolute Gasteiger partial charge is 0.303 e. The van der Waals surface area contributed by atoms with Crippen LogP contribution < -0.4 is 0 Å². The second-order valence-corrected chi connectivity index (χ2v) is 5.79. The van der Waals surface area contributed by atoms with E-state index in [0.29, 0.717) is 0 Å². The SMILES string of the molecule is CCCN1CCC(N(C)CCc2ccccc2)CC1. The summed E-state index contributed by atoms with van der Waals surface area (Å²) in [6, 6.07) is 11.6. The molecule has 0 radical (unpaired) electrons. The first-order valence-electron chi connectivity index (χ1n) is 7.76. The van der Waals surface area contributed by atoms with Gasteiger partial charge in [0.15, 0.2) is 0 Å². The summed E-state index contributed by atoms with van der Waals surface area (Å²) in [5.41, 5.74) is 1.46. The molecule has 0 atom stereocenters. The lowest BCUT2D eigenvalue weighted by Gasteiger charge is -2.36. The molecule has 106 valence electrons. The molecule has 1 aromatic rings. The molecule has 1 saturated heterocycles. The summed E-state index contributed by atoms with van der Waals surface area (Å²) in [6.07, 6.45) is 5.14. The van der Waals surface area contributed by atoms with Crippen LogP contribution in [0.2, 0.25) is 0 Å². The molecule has 1 fully saturated rings. The number of hydrogen-bond acceptors (Lipinski definition) is 2. The van der Waals surface area contributed by atoms with Crippen molar-refractivity contribution in [1.82, 2.24) is 9.80 Å². The third-order valence-corrected chi connectivity index (χ3v) is 4.32. The number of benzene rings is 1. The lowest BCUT2D eigenvalue weighted by molar-refractivity contribution is 0.129. The summed E-state index contributed by atoms with van der Waals surface area (Å²) in [5, 5.41) is 0. The Morgan fingerprint density at radius 3 is 2.47 bits per heavy atom. The second kappa shape index (κ2) is 7.66. The number of likely N-dealkylation sites (N-methyl/N-ethyl adjacent to an activating group) is 1. The Morgan fingerprint density at radius 1 is 1.16 bits per heavy atom. The van der Waals surface area contributed by atoms with Crippen molar-refractivity contribution in [2.45, 2.75) is 38.6 Å². The quantitative estimate of drug-likeness (QED) is 0.776. The van der Waals surface area contributed by atoms with Gasteiger partial charge < -0.3 is 9.80 Å². The van der Waals surface area contributed by atoms with Gasteiger partial charge in [0.25, 0.3) is 0 Å². The van der Waals surface area contributed by atoms with Gasteiger partial charge in [-0.2, -0.15) is 0 Å². The highest BCUT2D eigenvalue weighted by Gasteiger charge is 2.21. The number of piperidine rings is 1. The fraction of sp³-hybridized carbons (Fsp3) is 0.647. The normalized spacial score (nSPS) is 18.1. The lowest BCUT2D eigenvalue weighted by atomic mass is 10.0. The summed E-state index contributed by atoms with van der Waals surface area (Å²) in [7, 11) is 2.29. The number of rotatable bonds is 6. The van der Waals surface area contributed by atoms with Crippen LogP contribution in [0.25, 0.3) is 0 Å². The molecule has 19 heavy (non-hydrogen) atoms. The van der Waals surface area contributed by atoms with Crippen LogP contribution in [0.5, 0.6) is 0 Å². The van der Waals surface area contributed by atoms with Crippen LogP contribution in [0.1, 0.15) is 31.7 Å². The zero-order valence-corrected chi connectivity index (χ0v) is 12.5. The summed E-state index contributed by atoms with van der Waals surface area (Å²) in [5.74, 6) is 0. The highest BCUT2D eigenvalue weighted by molar-refractivity contribution is 5.14. The van der Waals surface area contributed by atoms with Crippen LogP contribution in [-0.2, 0) is 6.42 Å². The molecular weight excluding hydrogens is 232 g/mol. The molecule has 2 rings (SSSR count). The van der Waals surface area contributed by atoms with E-state index >= 15 is 0 Å². The van der Waals surface area contributed by atoms with Crippen molar-refractivity contribution in [3.63, 3.8) is 0 Å². The highest BCUT2D eigenvalue weighted by Crippen LogP contribution is 2.16. The Labute approximate surface area is 118 Å². The molecule has 0 amide bonds. The van der Waals surface area contributed by atoms with Crippen LogP contribution in [0.3, 0.4) is 0 Å². The summed E-state index contributed by atoms with van der Waals surface area (Å²) in [4.78, 5) is 5.18. The average Bonchev–Trinajstić information content (AvgIpc) is 2.47. The molecule has 0 unspecified atom stereocenters. The highest BCUT2D eigenvalue weighted by atomic mass is 15.2. The zero-order valence-electron chi connectivity index (χ0n) is 12.5.